The van der Waals surface area contributed by atoms with Gasteiger partial charge < -0.3 is 15.4 Å². The molecule has 0 saturated heterocycles. The smallest absolute Gasteiger partial charge is 0.416 e. The summed E-state index contributed by atoms with van der Waals surface area (Å²) in [5.74, 6) is -1.61. The number of unbranched alkanes of at least 4 members (excludes halogenated alkanes) is 1. The molecule has 2 heterocycles. The number of hydrogen-bond acceptors (Lipinski definition) is 6. The van der Waals surface area contributed by atoms with E-state index in [1.807, 2.05) is 27.7 Å². The normalized spacial score (nSPS) is 13.3. The molecule has 0 aliphatic heterocycles. The van der Waals surface area contributed by atoms with Crippen molar-refractivity contribution in [1.29, 1.82) is 0 Å². The molecule has 0 unspecified atom stereocenters. The van der Waals surface area contributed by atoms with E-state index in [9.17, 15) is 27.6 Å². The number of benzene rings is 1. The average molecular weight is 577 g/mol. The number of carbonyl (C=O) groups excluding carboxylic acids is 3. The summed E-state index contributed by atoms with van der Waals surface area (Å²) in [5.41, 5.74) is 0.297. The molecule has 0 saturated carbocycles. The first-order chi connectivity index (χ1) is 19.3. The second kappa shape index (κ2) is 13.5. The second-order valence-electron chi connectivity index (χ2n) is 10.7. The van der Waals surface area contributed by atoms with Crippen LogP contribution in [-0.4, -0.2) is 49.9 Å². The van der Waals surface area contributed by atoms with E-state index >= 15 is 0 Å². The zero-order valence-corrected chi connectivity index (χ0v) is 23.4. The number of nitrogens with zero attached hydrogens (tertiary/aromatic N) is 3. The highest BCUT2D eigenvalue weighted by molar-refractivity contribution is 6.38. The summed E-state index contributed by atoms with van der Waals surface area (Å²) in [6.07, 6.45) is -1.19. The minimum absolute atomic E-state index is 0.0833. The number of hydrogen-bond donors (Lipinski definition) is 3. The Morgan fingerprint density at radius 3 is 2.37 bits per heavy atom. The monoisotopic (exact) mass is 576 g/mol. The lowest BCUT2D eigenvalue weighted by atomic mass is 9.89. The molecule has 3 aromatic rings. The van der Waals surface area contributed by atoms with Crippen LogP contribution in [0.3, 0.4) is 0 Å². The van der Waals surface area contributed by atoms with Crippen molar-refractivity contribution in [2.24, 2.45) is 5.41 Å². The van der Waals surface area contributed by atoms with Gasteiger partial charge in [-0.25, -0.2) is 4.79 Å². The van der Waals surface area contributed by atoms with E-state index in [4.69, 9.17) is 4.74 Å². The van der Waals surface area contributed by atoms with Crippen molar-refractivity contribution >= 4 is 17.8 Å². The van der Waals surface area contributed by atoms with Gasteiger partial charge in [0.25, 0.3) is 5.91 Å². The third kappa shape index (κ3) is 9.19. The summed E-state index contributed by atoms with van der Waals surface area (Å²) in [5, 5.41) is 16.0. The van der Waals surface area contributed by atoms with Crippen LogP contribution in [0.5, 0.6) is 0 Å². The third-order valence-electron chi connectivity index (χ3n) is 6.39. The number of amides is 2. The maximum absolute atomic E-state index is 12.9. The Balaban J connectivity index is 1.65. The van der Waals surface area contributed by atoms with Gasteiger partial charge in [-0.2, -0.15) is 23.4 Å². The van der Waals surface area contributed by atoms with E-state index < -0.39 is 47.1 Å². The molecule has 1 aromatic carbocycles. The summed E-state index contributed by atoms with van der Waals surface area (Å²) in [7, 11) is 0. The molecule has 0 aliphatic rings. The Kier molecular flexibility index (Phi) is 10.3. The van der Waals surface area contributed by atoms with Gasteiger partial charge in [0.1, 0.15) is 12.1 Å². The summed E-state index contributed by atoms with van der Waals surface area (Å²) >= 11 is 0. The molecular formula is C28H35F3N6O4. The van der Waals surface area contributed by atoms with E-state index in [1.54, 1.807) is 23.0 Å². The molecule has 0 fully saturated rings. The lowest BCUT2D eigenvalue weighted by Crippen LogP contribution is -2.49. The lowest BCUT2D eigenvalue weighted by Gasteiger charge is -2.30. The van der Waals surface area contributed by atoms with Gasteiger partial charge in [-0.15, -0.1) is 0 Å². The molecule has 3 rings (SSSR count). The van der Waals surface area contributed by atoms with Crippen LogP contribution in [0.1, 0.15) is 58.2 Å². The van der Waals surface area contributed by atoms with Gasteiger partial charge >= 0.3 is 12.3 Å². The molecule has 2 amide bonds. The van der Waals surface area contributed by atoms with Crippen LogP contribution in [-0.2, 0) is 33.6 Å². The fourth-order valence-corrected chi connectivity index (χ4v) is 3.89. The number of alkyl halides is 3. The number of aromatic nitrogens is 4. The molecule has 10 nitrogen and oxygen atoms in total. The highest BCUT2D eigenvalue weighted by Crippen LogP contribution is 2.31. The largest absolute Gasteiger partial charge is 0.444 e. The summed E-state index contributed by atoms with van der Waals surface area (Å²) in [6, 6.07) is 6.93. The number of ketones is 1. The van der Waals surface area contributed by atoms with Crippen LogP contribution < -0.4 is 10.6 Å². The summed E-state index contributed by atoms with van der Waals surface area (Å²) < 4.78 is 45.9. The van der Waals surface area contributed by atoms with E-state index in [0.29, 0.717) is 23.4 Å². The number of aromatic amines is 1. The third-order valence-corrected chi connectivity index (χ3v) is 6.39. The van der Waals surface area contributed by atoms with Crippen molar-refractivity contribution in [2.45, 2.75) is 78.4 Å². The van der Waals surface area contributed by atoms with Crippen LogP contribution in [0.2, 0.25) is 0 Å². The van der Waals surface area contributed by atoms with Gasteiger partial charge in [0.2, 0.25) is 5.78 Å². The minimum atomic E-state index is -4.43. The fourth-order valence-electron chi connectivity index (χ4n) is 3.89. The number of carbonyl (C=O) groups is 3. The van der Waals surface area contributed by atoms with Crippen molar-refractivity contribution < 1.29 is 32.3 Å². The quantitative estimate of drug-likeness (QED) is 0.264. The molecule has 0 aliphatic carbocycles. The summed E-state index contributed by atoms with van der Waals surface area (Å²) in [4.78, 5) is 38.2. The maximum Gasteiger partial charge on any atom is 0.416 e. The molecule has 0 radical (unpaired) electrons. The Labute approximate surface area is 236 Å². The predicted molar refractivity (Wildman–Crippen MR) is 144 cm³/mol. The number of ether oxygens (including phenoxy) is 1. The SMILES string of the molecule is CCCC[C@H](NC(=O)O[C@H](Cn1ccc(-c2ccc(C(F)(F)F)cc2)n1)C(C)(C)C)C(=O)C(=O)NCc1ccn[nH]1. The fraction of sp³-hybridized carbons (Fsp3) is 0.464. The summed E-state index contributed by atoms with van der Waals surface area (Å²) in [6.45, 7) is 7.77. The molecule has 41 heavy (non-hydrogen) atoms. The van der Waals surface area contributed by atoms with Gasteiger partial charge in [0.05, 0.1) is 30.0 Å². The van der Waals surface area contributed by atoms with Crippen molar-refractivity contribution in [2.75, 3.05) is 0 Å². The van der Waals surface area contributed by atoms with Crippen molar-refractivity contribution in [3.8, 4) is 11.3 Å². The van der Waals surface area contributed by atoms with E-state index in [2.05, 4.69) is 25.9 Å². The topological polar surface area (TPSA) is 131 Å². The molecule has 3 N–H and O–H groups in total. The first kappa shape index (κ1) is 31.4. The molecular weight excluding hydrogens is 541 g/mol. The Bertz CT molecular complexity index is 1300. The zero-order valence-electron chi connectivity index (χ0n) is 23.4. The average Bonchev–Trinajstić information content (AvgIpc) is 3.60. The maximum atomic E-state index is 12.9. The van der Waals surface area contributed by atoms with E-state index in [-0.39, 0.29) is 19.5 Å². The Morgan fingerprint density at radius 2 is 1.78 bits per heavy atom. The lowest BCUT2D eigenvalue weighted by molar-refractivity contribution is -0.139. The molecule has 222 valence electrons. The Hall–Kier alpha value is -4.16. The van der Waals surface area contributed by atoms with Crippen molar-refractivity contribution in [1.82, 2.24) is 30.6 Å². The molecule has 0 bridgehead atoms. The molecule has 2 atom stereocenters. The minimum Gasteiger partial charge on any atom is -0.444 e. The van der Waals surface area contributed by atoms with Crippen LogP contribution in [0.4, 0.5) is 18.0 Å². The van der Waals surface area contributed by atoms with Crippen molar-refractivity contribution in [3.05, 3.63) is 60.0 Å². The highest BCUT2D eigenvalue weighted by Gasteiger charge is 2.33. The number of H-pyrrole nitrogens is 1. The molecule has 2 aromatic heterocycles. The second-order valence-corrected chi connectivity index (χ2v) is 10.7. The van der Waals surface area contributed by atoms with Crippen LogP contribution >= 0.6 is 0 Å². The number of alkyl carbamates (subject to hydrolysis) is 1. The van der Waals surface area contributed by atoms with Gasteiger partial charge in [0, 0.05) is 23.4 Å². The van der Waals surface area contributed by atoms with Crippen LogP contribution in [0, 0.1) is 5.41 Å². The highest BCUT2D eigenvalue weighted by atomic mass is 19.4. The predicted octanol–water partition coefficient (Wildman–Crippen LogP) is 4.88. The Morgan fingerprint density at radius 1 is 1.07 bits per heavy atom. The first-order valence-electron chi connectivity index (χ1n) is 13.3. The number of rotatable bonds is 12. The number of halogens is 3. The van der Waals surface area contributed by atoms with Crippen LogP contribution in [0.15, 0.2) is 48.8 Å². The van der Waals surface area contributed by atoms with Gasteiger partial charge in [0.15, 0.2) is 0 Å². The first-order valence-corrected chi connectivity index (χ1v) is 13.3. The molecule has 0 spiro atoms. The number of nitrogens with one attached hydrogen (secondary N) is 3. The van der Waals surface area contributed by atoms with Gasteiger partial charge in [-0.05, 0) is 30.7 Å². The van der Waals surface area contributed by atoms with Crippen molar-refractivity contribution in [3.63, 3.8) is 0 Å². The van der Waals surface area contributed by atoms with Gasteiger partial charge in [-0.1, -0.05) is 52.7 Å². The standard InChI is InChI=1S/C28H35F3N6O4/c1-5-6-7-22(24(38)25(39)32-16-20-12-14-33-35-20)34-26(40)41-23(27(2,3)4)17-37-15-13-21(36-37)18-8-10-19(11-9-18)28(29,30)31/h8-15,22-23H,5-7,16-17H2,1-4H3,(H,32,39)(H,33,35)(H,34,40)/t22-,23+/m0/s1. The number of Topliss-reactive ketones (excluding diaryl/α,β-unsaturated/α-hetero) is 1. The van der Waals surface area contributed by atoms with Crippen LogP contribution in [0.25, 0.3) is 11.3 Å². The zero-order chi connectivity index (χ0) is 30.2. The molecule has 13 heteroatoms. The van der Waals surface area contributed by atoms with E-state index in [1.165, 1.54) is 18.3 Å². The van der Waals surface area contributed by atoms with E-state index in [0.717, 1.165) is 18.6 Å². The van der Waals surface area contributed by atoms with Gasteiger partial charge in [-0.3, -0.25) is 19.4 Å².